The van der Waals surface area contributed by atoms with Gasteiger partial charge in [0.1, 0.15) is 11.5 Å². The van der Waals surface area contributed by atoms with Crippen LogP contribution in [0.15, 0.2) is 36.7 Å². The van der Waals surface area contributed by atoms with Crippen molar-refractivity contribution in [1.82, 2.24) is 20.2 Å². The molecule has 6 nitrogen and oxygen atoms in total. The molecule has 0 aromatic carbocycles. The SMILES string of the molecule is c1cnc2[nH]nc(-c3ccnc(N4CCOCC4)c3)c2c1. The molecule has 4 rings (SSSR count). The number of aromatic nitrogens is 4. The fourth-order valence-corrected chi connectivity index (χ4v) is 2.61. The molecule has 6 heteroatoms. The molecule has 1 aliphatic heterocycles. The van der Waals surface area contributed by atoms with Crippen molar-refractivity contribution in [3.63, 3.8) is 0 Å². The maximum atomic E-state index is 5.39. The molecule has 3 aromatic heterocycles. The summed E-state index contributed by atoms with van der Waals surface area (Å²) in [6.07, 6.45) is 3.59. The predicted octanol–water partition coefficient (Wildman–Crippen LogP) is 1.86. The molecule has 3 aromatic rings. The zero-order chi connectivity index (χ0) is 14.1. The lowest BCUT2D eigenvalue weighted by Gasteiger charge is -2.27. The topological polar surface area (TPSA) is 66.9 Å². The Hall–Kier alpha value is -2.47. The Labute approximate surface area is 121 Å². The third-order valence-electron chi connectivity index (χ3n) is 3.69. The predicted molar refractivity (Wildman–Crippen MR) is 80.2 cm³/mol. The van der Waals surface area contributed by atoms with E-state index in [0.717, 1.165) is 54.4 Å². The van der Waals surface area contributed by atoms with Gasteiger partial charge in [0.15, 0.2) is 5.65 Å². The van der Waals surface area contributed by atoms with Crippen LogP contribution in [0, 0.1) is 0 Å². The van der Waals surface area contributed by atoms with Crippen molar-refractivity contribution in [2.24, 2.45) is 0 Å². The second-order valence-electron chi connectivity index (χ2n) is 4.97. The number of nitrogens with zero attached hydrogens (tertiary/aromatic N) is 4. The van der Waals surface area contributed by atoms with E-state index in [0.29, 0.717) is 0 Å². The Balaban J connectivity index is 1.75. The number of H-pyrrole nitrogens is 1. The number of hydrogen-bond donors (Lipinski definition) is 1. The minimum atomic E-state index is 0.751. The monoisotopic (exact) mass is 281 g/mol. The first kappa shape index (κ1) is 12.3. The number of rotatable bonds is 2. The van der Waals surface area contributed by atoms with Crippen LogP contribution < -0.4 is 4.90 Å². The lowest BCUT2D eigenvalue weighted by atomic mass is 10.1. The van der Waals surface area contributed by atoms with E-state index in [1.165, 1.54) is 0 Å². The number of morpholine rings is 1. The van der Waals surface area contributed by atoms with Gasteiger partial charge in [-0.15, -0.1) is 0 Å². The molecule has 106 valence electrons. The van der Waals surface area contributed by atoms with Gasteiger partial charge in [-0.2, -0.15) is 5.10 Å². The molecular weight excluding hydrogens is 266 g/mol. The van der Waals surface area contributed by atoms with Crippen molar-refractivity contribution in [2.75, 3.05) is 31.2 Å². The molecule has 1 fully saturated rings. The van der Waals surface area contributed by atoms with Crippen molar-refractivity contribution in [2.45, 2.75) is 0 Å². The summed E-state index contributed by atoms with van der Waals surface area (Å²) < 4.78 is 5.39. The summed E-state index contributed by atoms with van der Waals surface area (Å²) in [5.74, 6) is 0.968. The zero-order valence-electron chi connectivity index (χ0n) is 11.5. The summed E-state index contributed by atoms with van der Waals surface area (Å²) in [6, 6.07) is 8.00. The van der Waals surface area contributed by atoms with Gasteiger partial charge in [0.05, 0.1) is 13.2 Å². The quantitative estimate of drug-likeness (QED) is 0.776. The Kier molecular flexibility index (Phi) is 3.01. The maximum Gasteiger partial charge on any atom is 0.155 e. The van der Waals surface area contributed by atoms with Crippen LogP contribution in [0.3, 0.4) is 0 Å². The highest BCUT2D eigenvalue weighted by molar-refractivity contribution is 5.90. The van der Waals surface area contributed by atoms with E-state index in [1.54, 1.807) is 6.20 Å². The van der Waals surface area contributed by atoms with Crippen LogP contribution in [0.25, 0.3) is 22.3 Å². The van der Waals surface area contributed by atoms with Crippen LogP contribution in [0.5, 0.6) is 0 Å². The minimum absolute atomic E-state index is 0.751. The van der Waals surface area contributed by atoms with E-state index >= 15 is 0 Å². The highest BCUT2D eigenvalue weighted by Gasteiger charge is 2.14. The van der Waals surface area contributed by atoms with Gasteiger partial charge in [-0.05, 0) is 24.3 Å². The lowest BCUT2D eigenvalue weighted by molar-refractivity contribution is 0.122. The van der Waals surface area contributed by atoms with Crippen LogP contribution in [0.2, 0.25) is 0 Å². The van der Waals surface area contributed by atoms with Crippen molar-refractivity contribution >= 4 is 16.9 Å². The summed E-state index contributed by atoms with van der Waals surface area (Å²) in [6.45, 7) is 3.25. The number of anilines is 1. The van der Waals surface area contributed by atoms with Gasteiger partial charge in [-0.25, -0.2) is 9.97 Å². The average Bonchev–Trinajstić information content (AvgIpc) is 3.00. The van der Waals surface area contributed by atoms with Crippen LogP contribution in [0.4, 0.5) is 5.82 Å². The number of nitrogens with one attached hydrogen (secondary N) is 1. The van der Waals surface area contributed by atoms with E-state index < -0.39 is 0 Å². The number of aromatic amines is 1. The van der Waals surface area contributed by atoms with Gasteiger partial charge in [-0.3, -0.25) is 5.10 Å². The highest BCUT2D eigenvalue weighted by atomic mass is 16.5. The summed E-state index contributed by atoms with van der Waals surface area (Å²) in [5.41, 5.74) is 2.76. The van der Waals surface area contributed by atoms with Crippen LogP contribution >= 0.6 is 0 Å². The van der Waals surface area contributed by atoms with Gasteiger partial charge in [0, 0.05) is 36.4 Å². The van der Waals surface area contributed by atoms with Gasteiger partial charge in [0.2, 0.25) is 0 Å². The standard InChI is InChI=1S/C15H15N5O/c1-2-12-14(18-19-15(12)17-4-1)11-3-5-16-13(10-11)20-6-8-21-9-7-20/h1-5,10H,6-9H2,(H,17,18,19). The second kappa shape index (κ2) is 5.14. The van der Waals surface area contributed by atoms with E-state index in [9.17, 15) is 0 Å². The Morgan fingerprint density at radius 3 is 2.90 bits per heavy atom. The third-order valence-corrected chi connectivity index (χ3v) is 3.69. The second-order valence-corrected chi connectivity index (χ2v) is 4.97. The van der Waals surface area contributed by atoms with Crippen molar-refractivity contribution in [3.8, 4) is 11.3 Å². The molecule has 0 unspecified atom stereocenters. The van der Waals surface area contributed by atoms with Crippen LogP contribution in [-0.2, 0) is 4.74 Å². The molecule has 0 radical (unpaired) electrons. The Morgan fingerprint density at radius 2 is 2.00 bits per heavy atom. The fourth-order valence-electron chi connectivity index (χ4n) is 2.61. The van der Waals surface area contributed by atoms with Crippen molar-refractivity contribution in [3.05, 3.63) is 36.7 Å². The molecular formula is C15H15N5O. The summed E-state index contributed by atoms with van der Waals surface area (Å²) in [5, 5.41) is 8.39. The molecule has 0 amide bonds. The van der Waals surface area contributed by atoms with E-state index in [4.69, 9.17) is 4.74 Å². The van der Waals surface area contributed by atoms with Crippen LogP contribution in [-0.4, -0.2) is 46.5 Å². The molecule has 0 aliphatic carbocycles. The molecule has 21 heavy (non-hydrogen) atoms. The van der Waals surface area contributed by atoms with Gasteiger partial charge >= 0.3 is 0 Å². The summed E-state index contributed by atoms with van der Waals surface area (Å²) in [7, 11) is 0. The molecule has 0 saturated carbocycles. The largest absolute Gasteiger partial charge is 0.378 e. The molecule has 1 aliphatic rings. The average molecular weight is 281 g/mol. The van der Waals surface area contributed by atoms with Gasteiger partial charge in [-0.1, -0.05) is 0 Å². The summed E-state index contributed by atoms with van der Waals surface area (Å²) in [4.78, 5) is 11.0. The molecule has 1 N–H and O–H groups in total. The maximum absolute atomic E-state index is 5.39. The molecule has 4 heterocycles. The third kappa shape index (κ3) is 2.23. The van der Waals surface area contributed by atoms with Gasteiger partial charge in [0.25, 0.3) is 0 Å². The lowest BCUT2D eigenvalue weighted by Crippen LogP contribution is -2.36. The summed E-state index contributed by atoms with van der Waals surface area (Å²) >= 11 is 0. The normalized spacial score (nSPS) is 15.5. The van der Waals surface area contributed by atoms with E-state index in [2.05, 4.69) is 31.1 Å². The first-order chi connectivity index (χ1) is 10.4. The Bertz CT molecular complexity index is 763. The zero-order valence-corrected chi connectivity index (χ0v) is 11.5. The fraction of sp³-hybridized carbons (Fsp3) is 0.267. The van der Waals surface area contributed by atoms with Crippen LogP contribution in [0.1, 0.15) is 0 Å². The molecule has 0 atom stereocenters. The first-order valence-corrected chi connectivity index (χ1v) is 7.00. The molecule has 1 saturated heterocycles. The minimum Gasteiger partial charge on any atom is -0.378 e. The number of fused-ring (bicyclic) bond motifs is 1. The van der Waals surface area contributed by atoms with Crippen molar-refractivity contribution < 1.29 is 4.74 Å². The Morgan fingerprint density at radius 1 is 1.10 bits per heavy atom. The smallest absolute Gasteiger partial charge is 0.155 e. The van der Waals surface area contributed by atoms with E-state index in [-0.39, 0.29) is 0 Å². The number of ether oxygens (including phenoxy) is 1. The molecule has 0 bridgehead atoms. The highest BCUT2D eigenvalue weighted by Crippen LogP contribution is 2.27. The molecule has 0 spiro atoms. The first-order valence-electron chi connectivity index (χ1n) is 7.00. The van der Waals surface area contributed by atoms with E-state index in [1.807, 2.05) is 24.4 Å². The van der Waals surface area contributed by atoms with Crippen molar-refractivity contribution in [1.29, 1.82) is 0 Å². The van der Waals surface area contributed by atoms with Gasteiger partial charge < -0.3 is 9.64 Å². The number of pyridine rings is 2. The number of hydrogen-bond acceptors (Lipinski definition) is 5.